The summed E-state index contributed by atoms with van der Waals surface area (Å²) in [6.45, 7) is 0.357. The highest BCUT2D eigenvalue weighted by Crippen LogP contribution is 2.24. The Morgan fingerprint density at radius 2 is 2.00 bits per heavy atom. The molecule has 2 aromatic rings. The third-order valence-electron chi connectivity index (χ3n) is 4.47. The molecule has 1 unspecified atom stereocenters. The Morgan fingerprint density at radius 3 is 2.65 bits per heavy atom. The van der Waals surface area contributed by atoms with Crippen LogP contribution in [0, 0.1) is 0 Å². The number of amides is 1. The van der Waals surface area contributed by atoms with Crippen LogP contribution in [0.4, 0.5) is 0 Å². The van der Waals surface area contributed by atoms with Gasteiger partial charge in [-0.3, -0.25) is 4.79 Å². The van der Waals surface area contributed by atoms with Gasteiger partial charge in [0.25, 0.3) is 5.91 Å². The molecule has 1 fully saturated rings. The van der Waals surface area contributed by atoms with Crippen molar-refractivity contribution >= 4 is 31.7 Å². The zero-order valence-corrected chi connectivity index (χ0v) is 16.8. The lowest BCUT2D eigenvalue weighted by Crippen LogP contribution is -2.40. The van der Waals surface area contributed by atoms with Gasteiger partial charge in [0.15, 0.2) is 9.84 Å². The fourth-order valence-electron chi connectivity index (χ4n) is 3.14. The molecule has 0 radical (unpaired) electrons. The predicted molar refractivity (Wildman–Crippen MR) is 104 cm³/mol. The molecule has 3 rings (SSSR count). The maximum absolute atomic E-state index is 13.2. The van der Waals surface area contributed by atoms with E-state index < -0.39 is 9.84 Å². The van der Waals surface area contributed by atoms with Gasteiger partial charge in [-0.1, -0.05) is 34.1 Å². The lowest BCUT2D eigenvalue weighted by Gasteiger charge is -2.28. The molecule has 26 heavy (non-hydrogen) atoms. The summed E-state index contributed by atoms with van der Waals surface area (Å²) in [5.41, 5.74) is 1.43. The lowest BCUT2D eigenvalue weighted by molar-refractivity contribution is 0.0680. The minimum absolute atomic E-state index is 0.0106. The maximum atomic E-state index is 13.2. The Hall–Kier alpha value is -1.86. The minimum atomic E-state index is -3.10. The van der Waals surface area contributed by atoms with Gasteiger partial charge in [0, 0.05) is 22.6 Å². The summed E-state index contributed by atoms with van der Waals surface area (Å²) < 4.78 is 30.0. The number of halogens is 1. The highest BCUT2D eigenvalue weighted by atomic mass is 79.9. The molecule has 138 valence electrons. The molecule has 1 heterocycles. The first-order valence-corrected chi connectivity index (χ1v) is 10.9. The van der Waals surface area contributed by atoms with Gasteiger partial charge in [-0.15, -0.1) is 0 Å². The van der Waals surface area contributed by atoms with Crippen LogP contribution in [0.5, 0.6) is 5.75 Å². The SMILES string of the molecule is COc1cccc(C(=O)N(Cc2cccc(Br)c2)C2CCS(=O)(=O)C2)c1. The van der Waals surface area contributed by atoms with Gasteiger partial charge in [-0.05, 0) is 42.3 Å². The highest BCUT2D eigenvalue weighted by Gasteiger charge is 2.35. The standard InChI is InChI=1S/C19H20BrNO4S/c1-25-18-7-3-5-15(11-18)19(22)21(17-8-9-26(23,24)13-17)12-14-4-2-6-16(20)10-14/h2-7,10-11,17H,8-9,12-13H2,1H3. The molecule has 1 saturated heterocycles. The van der Waals surface area contributed by atoms with E-state index in [1.807, 2.05) is 24.3 Å². The first-order chi connectivity index (χ1) is 12.4. The van der Waals surface area contributed by atoms with Crippen molar-refractivity contribution in [3.63, 3.8) is 0 Å². The van der Waals surface area contributed by atoms with E-state index in [4.69, 9.17) is 4.74 Å². The third kappa shape index (κ3) is 4.45. The van der Waals surface area contributed by atoms with Crippen molar-refractivity contribution < 1.29 is 17.9 Å². The first kappa shape index (κ1) is 18.9. The van der Waals surface area contributed by atoms with Crippen molar-refractivity contribution in [1.29, 1.82) is 0 Å². The number of hydrogen-bond acceptors (Lipinski definition) is 4. The molecule has 0 aliphatic carbocycles. The van der Waals surface area contributed by atoms with Crippen molar-refractivity contribution in [2.75, 3.05) is 18.6 Å². The molecule has 5 nitrogen and oxygen atoms in total. The average Bonchev–Trinajstić information content (AvgIpc) is 2.99. The molecule has 0 bridgehead atoms. The van der Waals surface area contributed by atoms with Crippen molar-refractivity contribution in [2.24, 2.45) is 0 Å². The number of sulfone groups is 1. The van der Waals surface area contributed by atoms with Gasteiger partial charge in [0.2, 0.25) is 0 Å². The van der Waals surface area contributed by atoms with Crippen LogP contribution in [0.3, 0.4) is 0 Å². The number of carbonyl (C=O) groups excluding carboxylic acids is 1. The zero-order valence-electron chi connectivity index (χ0n) is 14.4. The summed E-state index contributed by atoms with van der Waals surface area (Å²) in [7, 11) is -1.55. The number of ether oxygens (including phenoxy) is 1. The van der Waals surface area contributed by atoms with E-state index in [1.54, 1.807) is 36.3 Å². The number of nitrogens with zero attached hydrogens (tertiary/aromatic N) is 1. The first-order valence-electron chi connectivity index (χ1n) is 8.28. The van der Waals surface area contributed by atoms with Crippen LogP contribution in [-0.4, -0.2) is 43.9 Å². The second kappa shape index (κ2) is 7.80. The Morgan fingerprint density at radius 1 is 1.23 bits per heavy atom. The molecular formula is C19H20BrNO4S. The Bertz CT molecular complexity index is 913. The molecule has 0 saturated carbocycles. The van der Waals surface area contributed by atoms with Crippen molar-refractivity contribution in [1.82, 2.24) is 4.90 Å². The van der Waals surface area contributed by atoms with E-state index >= 15 is 0 Å². The minimum Gasteiger partial charge on any atom is -0.497 e. The van der Waals surface area contributed by atoms with Crippen molar-refractivity contribution in [3.05, 3.63) is 64.1 Å². The summed E-state index contributed by atoms with van der Waals surface area (Å²) in [4.78, 5) is 14.8. The van der Waals surface area contributed by atoms with E-state index in [0.29, 0.717) is 24.3 Å². The summed E-state index contributed by atoms with van der Waals surface area (Å²) in [5, 5.41) is 0. The van der Waals surface area contributed by atoms with E-state index in [2.05, 4.69) is 15.9 Å². The topological polar surface area (TPSA) is 63.7 Å². The number of benzene rings is 2. The van der Waals surface area contributed by atoms with Gasteiger partial charge >= 0.3 is 0 Å². The normalized spacial score (nSPS) is 18.5. The average molecular weight is 438 g/mol. The Kier molecular flexibility index (Phi) is 5.67. The Balaban J connectivity index is 1.92. The second-order valence-corrected chi connectivity index (χ2v) is 9.50. The van der Waals surface area contributed by atoms with Crippen LogP contribution in [-0.2, 0) is 16.4 Å². The predicted octanol–water partition coefficient (Wildman–Crippen LogP) is 3.29. The molecule has 1 aliphatic heterocycles. The van der Waals surface area contributed by atoms with E-state index in [1.165, 1.54) is 0 Å². The van der Waals surface area contributed by atoms with Crippen LogP contribution in [0.25, 0.3) is 0 Å². The summed E-state index contributed by atoms with van der Waals surface area (Å²) >= 11 is 3.44. The highest BCUT2D eigenvalue weighted by molar-refractivity contribution is 9.10. The quantitative estimate of drug-likeness (QED) is 0.719. The van der Waals surface area contributed by atoms with Crippen LogP contribution in [0.1, 0.15) is 22.3 Å². The molecule has 0 aromatic heterocycles. The van der Waals surface area contributed by atoms with Crippen LogP contribution in [0.2, 0.25) is 0 Å². The van der Waals surface area contributed by atoms with Crippen molar-refractivity contribution in [2.45, 2.75) is 19.0 Å². The molecule has 1 aliphatic rings. The van der Waals surface area contributed by atoms with Gasteiger partial charge in [0.1, 0.15) is 5.75 Å². The monoisotopic (exact) mass is 437 g/mol. The number of rotatable bonds is 5. The van der Waals surface area contributed by atoms with Gasteiger partial charge in [0.05, 0.1) is 18.6 Å². The van der Waals surface area contributed by atoms with Gasteiger partial charge < -0.3 is 9.64 Å². The molecule has 1 amide bonds. The fourth-order valence-corrected chi connectivity index (χ4v) is 5.32. The lowest BCUT2D eigenvalue weighted by atomic mass is 10.1. The van der Waals surface area contributed by atoms with Crippen LogP contribution in [0.15, 0.2) is 53.0 Å². The molecule has 7 heteroatoms. The van der Waals surface area contributed by atoms with Crippen LogP contribution >= 0.6 is 15.9 Å². The molecule has 1 atom stereocenters. The maximum Gasteiger partial charge on any atom is 0.254 e. The molecular weight excluding hydrogens is 418 g/mol. The second-order valence-electron chi connectivity index (χ2n) is 6.35. The van der Waals surface area contributed by atoms with Gasteiger partial charge in [-0.2, -0.15) is 0 Å². The third-order valence-corrected chi connectivity index (χ3v) is 6.71. The number of methoxy groups -OCH3 is 1. The Labute approximate surface area is 162 Å². The zero-order chi connectivity index (χ0) is 18.7. The number of carbonyl (C=O) groups is 1. The molecule has 0 spiro atoms. The van der Waals surface area contributed by atoms with Crippen LogP contribution < -0.4 is 4.74 Å². The molecule has 0 N–H and O–H groups in total. The van der Waals surface area contributed by atoms with Crippen molar-refractivity contribution in [3.8, 4) is 5.75 Å². The smallest absolute Gasteiger partial charge is 0.254 e. The summed E-state index contributed by atoms with van der Waals surface area (Å²) in [6, 6.07) is 14.3. The fraction of sp³-hybridized carbons (Fsp3) is 0.316. The largest absolute Gasteiger partial charge is 0.497 e. The number of hydrogen-bond donors (Lipinski definition) is 0. The van der Waals surface area contributed by atoms with E-state index in [-0.39, 0.29) is 23.5 Å². The van der Waals surface area contributed by atoms with E-state index in [9.17, 15) is 13.2 Å². The van der Waals surface area contributed by atoms with Gasteiger partial charge in [-0.25, -0.2) is 8.42 Å². The summed E-state index contributed by atoms with van der Waals surface area (Å²) in [6.07, 6.45) is 0.464. The summed E-state index contributed by atoms with van der Waals surface area (Å²) in [5.74, 6) is 0.539. The van der Waals surface area contributed by atoms with E-state index in [0.717, 1.165) is 10.0 Å². The molecule has 2 aromatic carbocycles.